The first-order valence-corrected chi connectivity index (χ1v) is 15.3. The number of carbonyl (C=O) groups is 1. The Bertz CT molecular complexity index is 1670. The summed E-state index contributed by atoms with van der Waals surface area (Å²) in [5.41, 5.74) is 6.01. The first-order chi connectivity index (χ1) is 21.2. The van der Waals surface area contributed by atoms with Crippen LogP contribution in [0.4, 0.5) is 0 Å². The van der Waals surface area contributed by atoms with Gasteiger partial charge in [0.05, 0.1) is 6.04 Å². The van der Waals surface area contributed by atoms with E-state index >= 15 is 0 Å². The van der Waals surface area contributed by atoms with Gasteiger partial charge in [-0.1, -0.05) is 84.9 Å². The molecule has 0 bridgehead atoms. The van der Waals surface area contributed by atoms with Crippen LogP contribution in [-0.2, 0) is 11.3 Å². The molecule has 0 N–H and O–H groups in total. The monoisotopic (exact) mass is 571 g/mol. The van der Waals surface area contributed by atoms with Crippen molar-refractivity contribution in [2.45, 2.75) is 31.8 Å². The van der Waals surface area contributed by atoms with Gasteiger partial charge in [-0.25, -0.2) is 0 Å². The number of piperazine rings is 1. The summed E-state index contributed by atoms with van der Waals surface area (Å²) in [7, 11) is 0. The van der Waals surface area contributed by atoms with E-state index in [4.69, 9.17) is 9.47 Å². The molecule has 218 valence electrons. The summed E-state index contributed by atoms with van der Waals surface area (Å²) in [5.74, 6) is 1.59. The molecular formula is C37H37N3O3. The van der Waals surface area contributed by atoms with Gasteiger partial charge < -0.3 is 18.9 Å². The van der Waals surface area contributed by atoms with Gasteiger partial charge in [0.15, 0.2) is 11.5 Å². The van der Waals surface area contributed by atoms with Gasteiger partial charge in [-0.2, -0.15) is 0 Å². The molecule has 1 fully saturated rings. The zero-order valence-corrected chi connectivity index (χ0v) is 24.6. The normalized spacial score (nSPS) is 15.7. The van der Waals surface area contributed by atoms with Crippen molar-refractivity contribution >= 4 is 16.8 Å². The fraction of sp³-hybridized carbons (Fsp3) is 0.270. The molecule has 5 aromatic rings. The molecule has 0 spiro atoms. The number of para-hydroxylation sites is 1. The number of aromatic nitrogens is 1. The first-order valence-electron chi connectivity index (χ1n) is 15.3. The van der Waals surface area contributed by atoms with E-state index in [1.807, 2.05) is 6.07 Å². The number of ether oxygens (including phenoxy) is 2. The topological polar surface area (TPSA) is 46.9 Å². The van der Waals surface area contributed by atoms with Crippen LogP contribution in [0.5, 0.6) is 11.5 Å². The number of amides is 1. The fourth-order valence-electron chi connectivity index (χ4n) is 6.77. The second kappa shape index (κ2) is 12.0. The molecule has 43 heavy (non-hydrogen) atoms. The van der Waals surface area contributed by atoms with Gasteiger partial charge in [0.2, 0.25) is 12.7 Å². The zero-order chi connectivity index (χ0) is 29.2. The summed E-state index contributed by atoms with van der Waals surface area (Å²) in [5, 5.41) is 1.19. The quantitative estimate of drug-likeness (QED) is 0.205. The molecule has 6 heteroatoms. The van der Waals surface area contributed by atoms with Crippen LogP contribution < -0.4 is 9.47 Å². The van der Waals surface area contributed by atoms with Crippen molar-refractivity contribution in [2.24, 2.45) is 0 Å². The van der Waals surface area contributed by atoms with E-state index in [0.29, 0.717) is 19.5 Å². The number of carbonyl (C=O) groups excluding carboxylic acids is 1. The molecule has 1 saturated heterocycles. The van der Waals surface area contributed by atoms with Crippen molar-refractivity contribution in [2.75, 3.05) is 33.0 Å². The van der Waals surface area contributed by atoms with Crippen LogP contribution in [-0.4, -0.2) is 53.2 Å². The van der Waals surface area contributed by atoms with Gasteiger partial charge in [0, 0.05) is 62.2 Å². The minimum absolute atomic E-state index is 0.0980. The lowest BCUT2D eigenvalue weighted by atomic mass is 9.87. The number of hydrogen-bond acceptors (Lipinski definition) is 4. The van der Waals surface area contributed by atoms with Gasteiger partial charge in [-0.15, -0.1) is 0 Å². The highest BCUT2D eigenvalue weighted by Crippen LogP contribution is 2.40. The third-order valence-corrected chi connectivity index (χ3v) is 8.98. The standard InChI is InChI=1S/C37H37N3O3/c1-2-38-25-32(30-15-9-10-16-33(30)38)31(29-17-18-34-35(23-29)43-26-42-34)24-36(41)39-19-21-40(22-20-39)37(27-11-5-3-6-12-27)28-13-7-4-8-14-28/h3-18,23,25,31,37H,2,19-22,24,26H2,1H3/t31-/m1/s1. The molecule has 1 atom stereocenters. The predicted octanol–water partition coefficient (Wildman–Crippen LogP) is 6.85. The maximum Gasteiger partial charge on any atom is 0.231 e. The van der Waals surface area contributed by atoms with Gasteiger partial charge in [-0.05, 0) is 47.4 Å². The summed E-state index contributed by atoms with van der Waals surface area (Å²) >= 11 is 0. The minimum Gasteiger partial charge on any atom is -0.454 e. The Labute approximate surface area is 253 Å². The van der Waals surface area contributed by atoms with Crippen LogP contribution in [0, 0.1) is 0 Å². The molecular weight excluding hydrogens is 534 g/mol. The molecule has 0 aliphatic carbocycles. The number of fused-ring (bicyclic) bond motifs is 2. The van der Waals surface area contributed by atoms with Crippen LogP contribution in [0.25, 0.3) is 10.9 Å². The third kappa shape index (κ3) is 5.39. The van der Waals surface area contributed by atoms with Crippen molar-refractivity contribution < 1.29 is 14.3 Å². The zero-order valence-electron chi connectivity index (χ0n) is 24.6. The Hall–Kier alpha value is -4.55. The van der Waals surface area contributed by atoms with Crippen LogP contribution in [0.15, 0.2) is 109 Å². The Morgan fingerprint density at radius 3 is 2.09 bits per heavy atom. The molecule has 2 aliphatic heterocycles. The van der Waals surface area contributed by atoms with E-state index in [1.54, 1.807) is 0 Å². The van der Waals surface area contributed by atoms with E-state index < -0.39 is 0 Å². The average Bonchev–Trinajstić information content (AvgIpc) is 3.69. The van der Waals surface area contributed by atoms with Crippen molar-refractivity contribution in [3.05, 3.63) is 132 Å². The lowest BCUT2D eigenvalue weighted by Crippen LogP contribution is -2.50. The molecule has 7 rings (SSSR count). The molecule has 2 aliphatic rings. The number of benzene rings is 4. The van der Waals surface area contributed by atoms with E-state index in [2.05, 4.69) is 125 Å². The predicted molar refractivity (Wildman–Crippen MR) is 170 cm³/mol. The van der Waals surface area contributed by atoms with Crippen LogP contribution in [0.2, 0.25) is 0 Å². The molecule has 0 saturated carbocycles. The molecule has 3 heterocycles. The number of hydrogen-bond donors (Lipinski definition) is 0. The molecule has 4 aromatic carbocycles. The SMILES string of the molecule is CCn1cc([C@H](CC(=O)N2CCN(C(c3ccccc3)c3ccccc3)CC2)c2ccc3c(c2)OCO3)c2ccccc21. The molecule has 0 radical (unpaired) electrons. The maximum absolute atomic E-state index is 14.1. The summed E-state index contributed by atoms with van der Waals surface area (Å²) in [4.78, 5) is 18.6. The van der Waals surface area contributed by atoms with Crippen LogP contribution in [0.1, 0.15) is 47.6 Å². The largest absolute Gasteiger partial charge is 0.454 e. The highest BCUT2D eigenvalue weighted by molar-refractivity contribution is 5.87. The molecule has 0 unspecified atom stereocenters. The highest BCUT2D eigenvalue weighted by Gasteiger charge is 2.31. The smallest absolute Gasteiger partial charge is 0.231 e. The lowest BCUT2D eigenvalue weighted by Gasteiger charge is -2.40. The lowest BCUT2D eigenvalue weighted by molar-refractivity contribution is -0.133. The van der Waals surface area contributed by atoms with Gasteiger partial charge in [0.25, 0.3) is 0 Å². The fourth-order valence-corrected chi connectivity index (χ4v) is 6.77. The van der Waals surface area contributed by atoms with E-state index in [1.165, 1.54) is 27.6 Å². The van der Waals surface area contributed by atoms with Gasteiger partial charge in [-0.3, -0.25) is 9.69 Å². The Morgan fingerprint density at radius 1 is 0.744 bits per heavy atom. The van der Waals surface area contributed by atoms with Crippen LogP contribution >= 0.6 is 0 Å². The average molecular weight is 572 g/mol. The van der Waals surface area contributed by atoms with E-state index in [9.17, 15) is 4.79 Å². The van der Waals surface area contributed by atoms with Crippen LogP contribution in [0.3, 0.4) is 0 Å². The third-order valence-electron chi connectivity index (χ3n) is 8.98. The first kappa shape index (κ1) is 27.3. The van der Waals surface area contributed by atoms with Crippen molar-refractivity contribution in [3.8, 4) is 11.5 Å². The van der Waals surface area contributed by atoms with Gasteiger partial charge in [0.1, 0.15) is 0 Å². The van der Waals surface area contributed by atoms with Crippen molar-refractivity contribution in [1.29, 1.82) is 0 Å². The maximum atomic E-state index is 14.1. The summed E-state index contributed by atoms with van der Waals surface area (Å²) in [6.07, 6.45) is 2.63. The van der Waals surface area contributed by atoms with E-state index in [-0.39, 0.29) is 24.7 Å². The molecule has 1 amide bonds. The van der Waals surface area contributed by atoms with Crippen molar-refractivity contribution in [3.63, 3.8) is 0 Å². The summed E-state index contributed by atoms with van der Waals surface area (Å²) in [6.45, 7) is 6.32. The Kier molecular flexibility index (Phi) is 7.60. The van der Waals surface area contributed by atoms with Gasteiger partial charge >= 0.3 is 0 Å². The molecule has 6 nitrogen and oxygen atoms in total. The number of rotatable bonds is 8. The Morgan fingerprint density at radius 2 is 1.40 bits per heavy atom. The van der Waals surface area contributed by atoms with Crippen molar-refractivity contribution in [1.82, 2.24) is 14.4 Å². The Balaban J connectivity index is 1.14. The second-order valence-electron chi connectivity index (χ2n) is 11.4. The summed E-state index contributed by atoms with van der Waals surface area (Å²) < 4.78 is 13.6. The highest BCUT2D eigenvalue weighted by atomic mass is 16.7. The van der Waals surface area contributed by atoms with E-state index in [0.717, 1.165) is 36.7 Å². The number of nitrogens with zero attached hydrogens (tertiary/aromatic N) is 3. The molecule has 1 aromatic heterocycles. The second-order valence-corrected chi connectivity index (χ2v) is 11.4. The summed E-state index contributed by atoms with van der Waals surface area (Å²) in [6, 6.07) is 36.2. The number of aryl methyl sites for hydroxylation is 1. The minimum atomic E-state index is -0.0980.